The third-order valence-corrected chi connectivity index (χ3v) is 6.14. The first-order valence-electron chi connectivity index (χ1n) is 2.67. The topological polar surface area (TPSA) is 0 Å². The van der Waals surface area contributed by atoms with Gasteiger partial charge in [-0.15, -0.1) is 11.8 Å². The lowest BCUT2D eigenvalue weighted by Crippen LogP contribution is -1.64. The van der Waals surface area contributed by atoms with Crippen molar-refractivity contribution in [1.29, 1.82) is 0 Å². The number of hydrogen-bond acceptors (Lipinski definition) is 4. The zero-order valence-corrected chi connectivity index (χ0v) is 9.24. The minimum absolute atomic E-state index is 0.775. The summed E-state index contributed by atoms with van der Waals surface area (Å²) in [5.74, 6) is 1.06. The van der Waals surface area contributed by atoms with Gasteiger partial charge in [0.25, 0.3) is 0 Å². The lowest BCUT2D eigenvalue weighted by molar-refractivity contribution is 1.51. The monoisotopic (exact) mass is 228 g/mol. The first kappa shape index (κ1) is 9.00. The molecular weight excluding hydrogens is 224 g/mol. The van der Waals surface area contributed by atoms with Crippen LogP contribution >= 0.6 is 56.3 Å². The largest absolute Gasteiger partial charge is 0.121 e. The van der Waals surface area contributed by atoms with E-state index in [9.17, 15) is 0 Å². The quantitative estimate of drug-likeness (QED) is 0.421. The lowest BCUT2D eigenvalue weighted by atomic mass is 10.8. The van der Waals surface area contributed by atoms with Gasteiger partial charge in [-0.1, -0.05) is 51.4 Å². The highest BCUT2D eigenvalue weighted by molar-refractivity contribution is 8.03. The van der Waals surface area contributed by atoms with Crippen molar-refractivity contribution in [2.45, 2.75) is 11.1 Å². The van der Waals surface area contributed by atoms with Crippen LogP contribution in [0, 0.1) is 3.82 Å². The van der Waals surface area contributed by atoms with Gasteiger partial charge in [0.15, 0.2) is 0 Å². The molecular formula is C5H5ClS4. The molecule has 1 aromatic heterocycles. The molecule has 0 saturated carbocycles. The highest BCUT2D eigenvalue weighted by Crippen LogP contribution is 2.36. The van der Waals surface area contributed by atoms with Crippen molar-refractivity contribution < 1.29 is 0 Å². The molecule has 0 radical (unpaired) electrons. The molecule has 0 unspecified atom stereocenters. The van der Waals surface area contributed by atoms with Crippen LogP contribution in [0.1, 0.15) is 6.92 Å². The first-order chi connectivity index (χ1) is 4.75. The summed E-state index contributed by atoms with van der Waals surface area (Å²) < 4.78 is 1.99. The minimum Gasteiger partial charge on any atom is -0.113 e. The Balaban J connectivity index is 2.94. The second-order valence-corrected chi connectivity index (χ2v) is 6.22. The second-order valence-electron chi connectivity index (χ2n) is 1.49. The van der Waals surface area contributed by atoms with E-state index in [-0.39, 0.29) is 0 Å². The predicted octanol–water partition coefficient (Wildman–Crippen LogP) is 4.30. The van der Waals surface area contributed by atoms with Gasteiger partial charge < -0.3 is 0 Å². The third-order valence-electron chi connectivity index (χ3n) is 0.827. The molecule has 1 heterocycles. The molecule has 10 heavy (non-hydrogen) atoms. The number of hydrogen-bond donors (Lipinski definition) is 0. The molecule has 0 nitrogen and oxygen atoms in total. The van der Waals surface area contributed by atoms with Crippen LogP contribution in [0.4, 0.5) is 0 Å². The Hall–Kier alpha value is 0.910. The number of halogens is 1. The summed E-state index contributed by atoms with van der Waals surface area (Å²) >= 11 is 12.6. The normalized spacial score (nSPS) is 10.2. The molecule has 0 atom stereocenters. The van der Waals surface area contributed by atoms with E-state index in [1.165, 1.54) is 4.21 Å². The Morgan fingerprint density at radius 3 is 2.70 bits per heavy atom. The molecule has 56 valence electrons. The van der Waals surface area contributed by atoms with Crippen molar-refractivity contribution >= 4 is 56.3 Å². The van der Waals surface area contributed by atoms with Gasteiger partial charge in [-0.3, -0.25) is 0 Å². The molecule has 0 amide bonds. The Morgan fingerprint density at radius 1 is 1.60 bits per heavy atom. The van der Waals surface area contributed by atoms with E-state index in [4.69, 9.17) is 23.8 Å². The van der Waals surface area contributed by atoms with Crippen LogP contribution in [-0.2, 0) is 0 Å². The average molecular weight is 229 g/mol. The molecule has 0 aromatic carbocycles. The van der Waals surface area contributed by atoms with E-state index >= 15 is 0 Å². The Labute approximate surface area is 81.6 Å². The second kappa shape index (κ2) is 4.07. The van der Waals surface area contributed by atoms with E-state index in [0.717, 1.165) is 14.6 Å². The molecule has 0 N–H and O–H groups in total. The third kappa shape index (κ3) is 1.95. The first-order valence-corrected chi connectivity index (χ1v) is 6.59. The molecule has 0 spiro atoms. The highest BCUT2D eigenvalue weighted by Gasteiger charge is 2.03. The van der Waals surface area contributed by atoms with Crippen LogP contribution in [0.15, 0.2) is 4.21 Å². The van der Waals surface area contributed by atoms with Crippen molar-refractivity contribution in [1.82, 2.24) is 0 Å². The Kier molecular flexibility index (Phi) is 3.66. The SMILES string of the molecule is CCSc1ssc(=S)c1Cl. The van der Waals surface area contributed by atoms with Crippen LogP contribution in [0.3, 0.4) is 0 Å². The van der Waals surface area contributed by atoms with Crippen molar-refractivity contribution in [2.75, 3.05) is 5.75 Å². The molecule has 0 fully saturated rings. The lowest BCUT2D eigenvalue weighted by Gasteiger charge is -1.89. The number of thioether (sulfide) groups is 1. The molecule has 0 aliphatic carbocycles. The van der Waals surface area contributed by atoms with Gasteiger partial charge in [0.05, 0.1) is 9.23 Å². The zero-order chi connectivity index (χ0) is 7.56. The fourth-order valence-corrected chi connectivity index (χ4v) is 5.02. The van der Waals surface area contributed by atoms with Gasteiger partial charge in [0.1, 0.15) is 3.82 Å². The van der Waals surface area contributed by atoms with E-state index in [0.29, 0.717) is 0 Å². The van der Waals surface area contributed by atoms with Crippen molar-refractivity contribution in [3.8, 4) is 0 Å². The van der Waals surface area contributed by atoms with Crippen molar-refractivity contribution in [3.05, 3.63) is 8.85 Å². The van der Waals surface area contributed by atoms with Crippen LogP contribution < -0.4 is 0 Å². The molecule has 0 aliphatic heterocycles. The van der Waals surface area contributed by atoms with Gasteiger partial charge in [-0.2, -0.15) is 0 Å². The summed E-state index contributed by atoms with van der Waals surface area (Å²) in [6, 6.07) is 0. The maximum atomic E-state index is 5.88. The summed E-state index contributed by atoms with van der Waals surface area (Å²) in [6.45, 7) is 2.11. The summed E-state index contributed by atoms with van der Waals surface area (Å²) in [5.41, 5.74) is 0. The standard InChI is InChI=1S/C5H5ClS4/c1-2-8-5-3(6)4(7)9-10-5/h2H2,1H3. The van der Waals surface area contributed by atoms with Gasteiger partial charge in [-0.05, 0) is 5.75 Å². The van der Waals surface area contributed by atoms with Crippen LogP contribution in [0.5, 0.6) is 0 Å². The fraction of sp³-hybridized carbons (Fsp3) is 0.400. The fourth-order valence-electron chi connectivity index (χ4n) is 0.451. The van der Waals surface area contributed by atoms with E-state index in [1.807, 2.05) is 0 Å². The zero-order valence-electron chi connectivity index (χ0n) is 5.22. The van der Waals surface area contributed by atoms with Gasteiger partial charge in [0.2, 0.25) is 0 Å². The van der Waals surface area contributed by atoms with Crippen molar-refractivity contribution in [3.63, 3.8) is 0 Å². The molecule has 0 aliphatic rings. The summed E-state index contributed by atoms with van der Waals surface area (Å²) in [7, 11) is 3.24. The van der Waals surface area contributed by atoms with Crippen LogP contribution in [-0.4, -0.2) is 5.75 Å². The Bertz CT molecular complexity index is 261. The average Bonchev–Trinajstić information content (AvgIpc) is 2.20. The summed E-state index contributed by atoms with van der Waals surface area (Å²) in [4.78, 5) is 0. The maximum Gasteiger partial charge on any atom is 0.121 e. The van der Waals surface area contributed by atoms with Crippen LogP contribution in [0.2, 0.25) is 5.02 Å². The molecule has 0 bridgehead atoms. The van der Waals surface area contributed by atoms with Gasteiger partial charge in [0, 0.05) is 0 Å². The molecule has 1 rings (SSSR count). The van der Waals surface area contributed by atoms with E-state index < -0.39 is 0 Å². The molecule has 5 heteroatoms. The summed E-state index contributed by atoms with van der Waals surface area (Å²) in [6.07, 6.45) is 0. The van der Waals surface area contributed by atoms with Crippen molar-refractivity contribution in [2.24, 2.45) is 0 Å². The van der Waals surface area contributed by atoms with Gasteiger partial charge in [-0.25, -0.2) is 0 Å². The molecule has 1 aromatic rings. The summed E-state index contributed by atoms with van der Waals surface area (Å²) in [5, 5.41) is 0.775. The van der Waals surface area contributed by atoms with Crippen LogP contribution in [0.25, 0.3) is 0 Å². The number of rotatable bonds is 2. The smallest absolute Gasteiger partial charge is 0.113 e. The minimum atomic E-state index is 0.775. The predicted molar refractivity (Wildman–Crippen MR) is 54.4 cm³/mol. The van der Waals surface area contributed by atoms with E-state index in [1.54, 1.807) is 32.4 Å². The Morgan fingerprint density at radius 2 is 2.30 bits per heavy atom. The van der Waals surface area contributed by atoms with E-state index in [2.05, 4.69) is 6.92 Å². The molecule has 0 saturated heterocycles. The van der Waals surface area contributed by atoms with Gasteiger partial charge >= 0.3 is 0 Å². The highest BCUT2D eigenvalue weighted by atomic mass is 35.5. The maximum absolute atomic E-state index is 5.88.